The second kappa shape index (κ2) is 4.25. The van der Waals surface area contributed by atoms with E-state index >= 15 is 0 Å². The van der Waals surface area contributed by atoms with Gasteiger partial charge in [-0.1, -0.05) is 12.1 Å². The monoisotopic (exact) mass is 243 g/mol. The molecule has 0 unspecified atom stereocenters. The number of rotatable bonds is 3. The molecule has 2 aromatic rings. The predicted molar refractivity (Wildman–Crippen MR) is 67.5 cm³/mol. The maximum absolute atomic E-state index is 10.6. The molecule has 1 aromatic heterocycles. The maximum atomic E-state index is 10.6. The van der Waals surface area contributed by atoms with Crippen LogP contribution >= 0.6 is 0 Å². The molecular weight excluding hydrogens is 230 g/mol. The molecule has 1 N–H and O–H groups in total. The molecule has 0 aliphatic carbocycles. The molecule has 18 heavy (non-hydrogen) atoms. The van der Waals surface area contributed by atoms with Crippen molar-refractivity contribution in [3.8, 4) is 0 Å². The molecule has 1 fully saturated rings. The van der Waals surface area contributed by atoms with Crippen molar-refractivity contribution in [1.82, 2.24) is 9.97 Å². The summed E-state index contributed by atoms with van der Waals surface area (Å²) in [6.07, 6.45) is 1.79. The van der Waals surface area contributed by atoms with Crippen molar-refractivity contribution in [2.75, 3.05) is 18.0 Å². The summed E-state index contributed by atoms with van der Waals surface area (Å²) in [6.45, 7) is 1.51. The standard InChI is InChI=1S/C13H13N3O2/c17-12(18)5-9-6-16(7-9)13-10-3-1-2-4-11(10)14-8-15-13/h1-4,8-9H,5-7H2,(H,17,18). The van der Waals surface area contributed by atoms with Gasteiger partial charge >= 0.3 is 5.97 Å². The molecule has 92 valence electrons. The summed E-state index contributed by atoms with van der Waals surface area (Å²) >= 11 is 0. The third-order valence-corrected chi connectivity index (χ3v) is 3.24. The van der Waals surface area contributed by atoms with Gasteiger partial charge in [0, 0.05) is 24.4 Å². The lowest BCUT2D eigenvalue weighted by Gasteiger charge is -2.39. The number of carboxylic acid groups (broad SMARTS) is 1. The largest absolute Gasteiger partial charge is 0.481 e. The van der Waals surface area contributed by atoms with E-state index in [2.05, 4.69) is 14.9 Å². The number of fused-ring (bicyclic) bond motifs is 1. The molecule has 1 aliphatic heterocycles. The molecule has 1 aliphatic rings. The molecule has 1 saturated heterocycles. The zero-order valence-electron chi connectivity index (χ0n) is 9.78. The fraction of sp³-hybridized carbons (Fsp3) is 0.308. The molecule has 0 radical (unpaired) electrons. The van der Waals surface area contributed by atoms with Crippen LogP contribution in [0.5, 0.6) is 0 Å². The van der Waals surface area contributed by atoms with Crippen LogP contribution in [0.15, 0.2) is 30.6 Å². The van der Waals surface area contributed by atoms with Gasteiger partial charge < -0.3 is 10.0 Å². The van der Waals surface area contributed by atoms with Gasteiger partial charge in [-0.15, -0.1) is 0 Å². The van der Waals surface area contributed by atoms with Crippen molar-refractivity contribution in [2.45, 2.75) is 6.42 Å². The lowest BCUT2D eigenvalue weighted by molar-refractivity contribution is -0.138. The summed E-state index contributed by atoms with van der Waals surface area (Å²) in [4.78, 5) is 21.3. The number of benzene rings is 1. The average Bonchev–Trinajstić information content (AvgIpc) is 2.32. The van der Waals surface area contributed by atoms with Crippen LogP contribution in [0.25, 0.3) is 10.9 Å². The highest BCUT2D eigenvalue weighted by Crippen LogP contribution is 2.29. The normalized spacial score (nSPS) is 15.7. The van der Waals surface area contributed by atoms with Crippen molar-refractivity contribution in [3.05, 3.63) is 30.6 Å². The van der Waals surface area contributed by atoms with Crippen molar-refractivity contribution >= 4 is 22.7 Å². The van der Waals surface area contributed by atoms with E-state index in [1.165, 1.54) is 0 Å². The van der Waals surface area contributed by atoms with Crippen molar-refractivity contribution < 1.29 is 9.90 Å². The van der Waals surface area contributed by atoms with Crippen LogP contribution in [0.4, 0.5) is 5.82 Å². The quantitative estimate of drug-likeness (QED) is 0.885. The van der Waals surface area contributed by atoms with E-state index in [0.29, 0.717) is 0 Å². The van der Waals surface area contributed by atoms with E-state index in [-0.39, 0.29) is 12.3 Å². The van der Waals surface area contributed by atoms with Crippen molar-refractivity contribution in [2.24, 2.45) is 5.92 Å². The summed E-state index contributed by atoms with van der Waals surface area (Å²) in [6, 6.07) is 7.86. The van der Waals surface area contributed by atoms with Crippen LogP contribution in [0.1, 0.15) is 6.42 Å². The number of hydrogen-bond donors (Lipinski definition) is 1. The SMILES string of the molecule is O=C(O)CC1CN(c2ncnc3ccccc23)C1. The zero-order chi connectivity index (χ0) is 12.5. The van der Waals surface area contributed by atoms with Crippen LogP contribution in [0.2, 0.25) is 0 Å². The first-order valence-electron chi connectivity index (χ1n) is 5.90. The molecule has 3 rings (SSSR count). The number of aliphatic carboxylic acids is 1. The van der Waals surface area contributed by atoms with E-state index in [9.17, 15) is 4.79 Å². The van der Waals surface area contributed by atoms with E-state index in [4.69, 9.17) is 5.11 Å². The van der Waals surface area contributed by atoms with Gasteiger partial charge in [-0.05, 0) is 12.1 Å². The van der Waals surface area contributed by atoms with Crippen molar-refractivity contribution in [1.29, 1.82) is 0 Å². The third kappa shape index (κ3) is 1.88. The smallest absolute Gasteiger partial charge is 0.303 e. The lowest BCUT2D eigenvalue weighted by Crippen LogP contribution is -2.48. The summed E-state index contributed by atoms with van der Waals surface area (Å²) in [5, 5.41) is 9.76. The van der Waals surface area contributed by atoms with E-state index < -0.39 is 5.97 Å². The van der Waals surface area contributed by atoms with E-state index in [0.717, 1.165) is 29.8 Å². The highest BCUT2D eigenvalue weighted by molar-refractivity contribution is 5.89. The Balaban J connectivity index is 1.82. The van der Waals surface area contributed by atoms with Gasteiger partial charge in [-0.3, -0.25) is 4.79 Å². The molecule has 0 saturated carbocycles. The number of para-hydroxylation sites is 1. The Bertz CT molecular complexity index is 588. The molecule has 0 bridgehead atoms. The molecule has 0 amide bonds. The molecule has 5 heteroatoms. The predicted octanol–water partition coefficient (Wildman–Crippen LogP) is 1.54. The fourth-order valence-corrected chi connectivity index (χ4v) is 2.36. The van der Waals surface area contributed by atoms with Crippen LogP contribution in [-0.4, -0.2) is 34.1 Å². The summed E-state index contributed by atoms with van der Waals surface area (Å²) < 4.78 is 0. The molecule has 0 spiro atoms. The van der Waals surface area contributed by atoms with Gasteiger partial charge in [0.15, 0.2) is 0 Å². The number of carboxylic acids is 1. The van der Waals surface area contributed by atoms with Crippen LogP contribution < -0.4 is 4.90 Å². The molecule has 5 nitrogen and oxygen atoms in total. The van der Waals surface area contributed by atoms with Gasteiger partial charge in [0.2, 0.25) is 0 Å². The summed E-state index contributed by atoms with van der Waals surface area (Å²) in [5.74, 6) is 0.408. The number of carbonyl (C=O) groups is 1. The Labute approximate surface area is 104 Å². The topological polar surface area (TPSA) is 66.3 Å². The lowest BCUT2D eigenvalue weighted by atomic mass is 9.96. The van der Waals surface area contributed by atoms with E-state index in [1.807, 2.05) is 24.3 Å². The van der Waals surface area contributed by atoms with Crippen LogP contribution in [-0.2, 0) is 4.79 Å². The Morgan fingerprint density at radius 1 is 1.33 bits per heavy atom. The summed E-state index contributed by atoms with van der Waals surface area (Å²) in [5.41, 5.74) is 0.921. The van der Waals surface area contributed by atoms with Crippen LogP contribution in [0.3, 0.4) is 0 Å². The minimum atomic E-state index is -0.729. The minimum Gasteiger partial charge on any atom is -0.481 e. The first kappa shape index (κ1) is 11.0. The van der Waals surface area contributed by atoms with Gasteiger partial charge in [0.1, 0.15) is 12.1 Å². The number of nitrogens with zero attached hydrogens (tertiary/aromatic N) is 3. The second-order valence-corrected chi connectivity index (χ2v) is 4.58. The van der Waals surface area contributed by atoms with Gasteiger partial charge in [-0.25, -0.2) is 9.97 Å². The highest BCUT2D eigenvalue weighted by atomic mass is 16.4. The third-order valence-electron chi connectivity index (χ3n) is 3.24. The number of aromatic nitrogens is 2. The first-order chi connectivity index (χ1) is 8.74. The number of hydrogen-bond acceptors (Lipinski definition) is 4. The Morgan fingerprint density at radius 3 is 2.89 bits per heavy atom. The zero-order valence-corrected chi connectivity index (χ0v) is 9.78. The maximum Gasteiger partial charge on any atom is 0.303 e. The highest BCUT2D eigenvalue weighted by Gasteiger charge is 2.30. The van der Waals surface area contributed by atoms with Gasteiger partial charge in [0.25, 0.3) is 0 Å². The minimum absolute atomic E-state index is 0.233. The molecule has 0 atom stereocenters. The molecular formula is C13H13N3O2. The Hall–Kier alpha value is -2.17. The van der Waals surface area contributed by atoms with Crippen molar-refractivity contribution in [3.63, 3.8) is 0 Å². The number of anilines is 1. The van der Waals surface area contributed by atoms with Gasteiger partial charge in [0.05, 0.1) is 11.9 Å². The van der Waals surface area contributed by atoms with E-state index in [1.54, 1.807) is 6.33 Å². The Kier molecular flexibility index (Phi) is 2.59. The second-order valence-electron chi connectivity index (χ2n) is 4.58. The van der Waals surface area contributed by atoms with Gasteiger partial charge in [-0.2, -0.15) is 0 Å². The first-order valence-corrected chi connectivity index (χ1v) is 5.90. The summed E-state index contributed by atoms with van der Waals surface area (Å²) in [7, 11) is 0. The fourth-order valence-electron chi connectivity index (χ4n) is 2.36. The molecule has 1 aromatic carbocycles. The van der Waals surface area contributed by atoms with Crippen LogP contribution in [0, 0.1) is 5.92 Å². The average molecular weight is 243 g/mol. The Morgan fingerprint density at radius 2 is 2.11 bits per heavy atom. The molecule has 2 heterocycles.